The summed E-state index contributed by atoms with van der Waals surface area (Å²) in [6.07, 6.45) is 14.8. The van der Waals surface area contributed by atoms with Crippen LogP contribution < -0.4 is 36.5 Å². The Labute approximate surface area is 836 Å². The lowest BCUT2D eigenvalue weighted by molar-refractivity contribution is 0.557. The molecule has 0 unspecified atom stereocenters. The van der Waals surface area contributed by atoms with Crippen LogP contribution in [0.5, 0.6) is 0 Å². The van der Waals surface area contributed by atoms with Crippen LogP contribution in [0.2, 0.25) is 0 Å². The molecule has 4 heterocycles. The summed E-state index contributed by atoms with van der Waals surface area (Å²) in [5.74, 6) is 4.60. The van der Waals surface area contributed by atoms with Crippen molar-refractivity contribution in [3.63, 3.8) is 0 Å². The van der Waals surface area contributed by atoms with E-state index in [0.29, 0.717) is 47.3 Å². The summed E-state index contributed by atoms with van der Waals surface area (Å²) >= 11 is 0. The van der Waals surface area contributed by atoms with Crippen LogP contribution in [-0.4, -0.2) is 37.5 Å². The molecule has 0 radical (unpaired) electrons. The molecule has 0 aromatic heterocycles. The first kappa shape index (κ1) is 109. The first-order valence-electron chi connectivity index (χ1n) is 52.3. The van der Waals surface area contributed by atoms with Crippen LogP contribution in [0.15, 0.2) is 242 Å². The molecule has 4 aliphatic rings. The zero-order valence-corrected chi connectivity index (χ0v) is 96.4. The van der Waals surface area contributed by atoms with Gasteiger partial charge in [0.1, 0.15) is 0 Å². The summed E-state index contributed by atoms with van der Waals surface area (Å²) in [6, 6.07) is 55.7. The molecule has 734 valence electrons. The van der Waals surface area contributed by atoms with Crippen LogP contribution in [-0.2, 0) is 8.23 Å². The second-order valence-corrected chi connectivity index (χ2v) is 53.0. The number of rotatable bonds is 31. The Morgan fingerprint density at radius 1 is 0.191 bits per heavy atom. The largest absolute Gasteiger partial charge is 0.403 e. The number of benzene rings is 8. The molecule has 8 aromatic rings. The fourth-order valence-electron chi connectivity index (χ4n) is 20.9. The van der Waals surface area contributed by atoms with Crippen molar-refractivity contribution in [2.75, 3.05) is 36.5 Å². The fourth-order valence-corrected chi connectivity index (χ4v) is 34.8. The van der Waals surface area contributed by atoms with E-state index >= 15 is 0 Å². The predicted molar refractivity (Wildman–Crippen MR) is 609 cm³/mol. The Hall–Kier alpha value is -9.13. The number of allylic oxidation sites excluding steroid dienone is 8. The normalized spacial score (nSPS) is 17.1. The predicted octanol–water partition coefficient (Wildman–Crippen LogP) is 35.2. The lowest BCUT2D eigenvalue weighted by atomic mass is 9.92. The molecule has 14 heteroatoms. The van der Waals surface area contributed by atoms with E-state index < -0.39 is 37.5 Å². The number of hydrogen-bond acceptors (Lipinski definition) is 10. The SMILES string of the molecule is C=C1C=C(C)N(c2c(C(C)C)cccc2C(C)C)[Si@@H](O[Si@H]2N(c3c(C(C)C)cccc3C(C)C)C(=C)C=C(C)N2c2c(C(C)C)cccc2C(C)C)N1c1c(C(C)C)cccc1C(C)C.C=C1C=C(C)N(c2c(C(C)C)cccc2C(C)C)[Si@H](O[Si@@H]2N(c3c(C(C)C)cccc3C(C)C)C(=C)C=C(C)N2c2c(C(C)C)cccc2C(C)C)N1c1c(C(C)C)cccc1C(C)C.CCCCCC. The minimum Gasteiger partial charge on any atom is -0.395 e. The molecule has 12 rings (SSSR count). The van der Waals surface area contributed by atoms with Gasteiger partial charge in [0.25, 0.3) is 0 Å². The minimum atomic E-state index is -2.91. The van der Waals surface area contributed by atoms with E-state index in [4.69, 9.17) is 34.5 Å². The van der Waals surface area contributed by atoms with E-state index in [9.17, 15) is 0 Å². The van der Waals surface area contributed by atoms with Gasteiger partial charge >= 0.3 is 37.5 Å². The first-order chi connectivity index (χ1) is 64.1. The summed E-state index contributed by atoms with van der Waals surface area (Å²) in [5, 5.41) is 0. The molecule has 0 spiro atoms. The van der Waals surface area contributed by atoms with Crippen molar-refractivity contribution >= 4 is 83.0 Å². The molecule has 0 bridgehead atoms. The van der Waals surface area contributed by atoms with E-state index in [1.807, 2.05) is 0 Å². The molecule has 136 heavy (non-hydrogen) atoms. The van der Waals surface area contributed by atoms with Gasteiger partial charge in [-0.25, -0.2) is 0 Å². The van der Waals surface area contributed by atoms with Gasteiger partial charge < -0.3 is 44.8 Å². The highest BCUT2D eigenvalue weighted by molar-refractivity contribution is 6.77. The van der Waals surface area contributed by atoms with Gasteiger partial charge in [-0.1, -0.05) is 433 Å². The number of nitrogens with zero attached hydrogens (tertiary/aromatic N) is 8. The lowest BCUT2D eigenvalue weighted by Gasteiger charge is -2.52. The molecule has 0 fully saturated rings. The van der Waals surface area contributed by atoms with Crippen LogP contribution in [0.4, 0.5) is 45.5 Å². The molecule has 8 aromatic carbocycles. The number of unbranched alkanes of at least 4 members (excludes halogenated alkanes) is 3. The first-order valence-corrected chi connectivity index (χ1v) is 58.3. The van der Waals surface area contributed by atoms with E-state index in [2.05, 4.69) is 470 Å². The molecule has 0 amide bonds. The Kier molecular flexibility index (Phi) is 37.4. The summed E-state index contributed by atoms with van der Waals surface area (Å²) in [4.78, 5) is 0. The van der Waals surface area contributed by atoms with Crippen molar-refractivity contribution < 1.29 is 8.23 Å². The molecule has 0 aliphatic carbocycles. The Morgan fingerprint density at radius 2 is 0.294 bits per heavy atom. The third-order valence-electron chi connectivity index (χ3n) is 28.1. The quantitative estimate of drug-likeness (QED) is 0.0310. The number of para-hydroxylation sites is 8. The van der Waals surface area contributed by atoms with Gasteiger partial charge in [0.05, 0.1) is 0 Å². The van der Waals surface area contributed by atoms with Gasteiger partial charge in [0.15, 0.2) is 0 Å². The van der Waals surface area contributed by atoms with Crippen LogP contribution >= 0.6 is 0 Å². The summed E-state index contributed by atoms with van der Waals surface area (Å²) in [7, 11) is -11.6. The zero-order chi connectivity index (χ0) is 101. The summed E-state index contributed by atoms with van der Waals surface area (Å²) in [5.41, 5.74) is 40.2. The molecular formula is C122H178N8O2Si4. The molecule has 10 nitrogen and oxygen atoms in total. The Bertz CT molecular complexity index is 4770. The maximum absolute atomic E-state index is 8.74. The molecule has 4 atom stereocenters. The van der Waals surface area contributed by atoms with E-state index in [1.54, 1.807) is 0 Å². The second-order valence-electron chi connectivity index (χ2n) is 44.1. The number of hydrogen-bond donors (Lipinski definition) is 0. The van der Waals surface area contributed by atoms with Crippen molar-refractivity contribution in [2.45, 2.75) is 383 Å². The second kappa shape index (κ2) is 46.8. The Morgan fingerprint density at radius 3 is 0.390 bits per heavy atom. The fraction of sp³-hybridized carbons (Fsp3) is 0.475. The third kappa shape index (κ3) is 22.8. The van der Waals surface area contributed by atoms with Crippen LogP contribution in [0.1, 0.15) is 472 Å². The third-order valence-corrected chi connectivity index (χ3v) is 40.6. The van der Waals surface area contributed by atoms with Crippen LogP contribution in [0.25, 0.3) is 0 Å². The van der Waals surface area contributed by atoms with E-state index in [1.165, 1.54) is 183 Å². The van der Waals surface area contributed by atoms with Crippen LogP contribution in [0.3, 0.4) is 0 Å². The highest BCUT2D eigenvalue weighted by atomic mass is 28.4. The van der Waals surface area contributed by atoms with Crippen molar-refractivity contribution in [2.24, 2.45) is 0 Å². The summed E-state index contributed by atoms with van der Waals surface area (Å²) < 4.78 is 38.7. The van der Waals surface area contributed by atoms with Gasteiger partial charge in [-0.2, -0.15) is 0 Å². The maximum atomic E-state index is 8.74. The Balaban J connectivity index is 0.000000265. The molecule has 0 saturated carbocycles. The number of anilines is 8. The molecule has 0 saturated heterocycles. The standard InChI is InChI=1S/2C58H82N4OSi2.C6H14/c2*1-35(2)47-25-21-26-48(36(3)4)55(47)59-43(17)33-44(18)60(56-49(37(5)6)27-22-28-50(56)38(7)8)64(59)63-65-61(57-51(39(9)10)29-23-30-52(57)40(11)12)45(19)34-46(20)62(65)58-53(41(13)14)31-24-32-54(58)42(15)16;1-3-5-6-4-2/h2*21-42,64-65H,17,19H2,1-16,18,20H3;3-6H2,1-2H3/t2*64-,65-;/m10./s1. The van der Waals surface area contributed by atoms with Gasteiger partial charge in [0.2, 0.25) is 0 Å². The maximum Gasteiger partial charge on any atom is 0.403 e. The topological polar surface area (TPSA) is 44.4 Å². The minimum absolute atomic E-state index is 0.281. The van der Waals surface area contributed by atoms with Gasteiger partial charge in [0, 0.05) is 91.1 Å². The smallest absolute Gasteiger partial charge is 0.395 e. The monoisotopic (exact) mass is 1900 g/mol. The zero-order valence-electron chi connectivity index (χ0n) is 91.8. The van der Waals surface area contributed by atoms with Crippen molar-refractivity contribution in [3.05, 3.63) is 331 Å². The summed E-state index contributed by atoms with van der Waals surface area (Å²) in [6.45, 7) is 108. The van der Waals surface area contributed by atoms with Gasteiger partial charge in [-0.3, -0.25) is 0 Å². The molecule has 0 N–H and O–H groups in total. The van der Waals surface area contributed by atoms with Crippen molar-refractivity contribution in [1.29, 1.82) is 0 Å². The van der Waals surface area contributed by atoms with Gasteiger partial charge in [-0.15, -0.1) is 0 Å². The highest BCUT2D eigenvalue weighted by Crippen LogP contribution is 2.54. The lowest BCUT2D eigenvalue weighted by Crippen LogP contribution is -2.66. The van der Waals surface area contributed by atoms with E-state index in [-0.39, 0.29) is 47.3 Å². The van der Waals surface area contributed by atoms with Crippen molar-refractivity contribution in [1.82, 2.24) is 0 Å². The highest BCUT2D eigenvalue weighted by Gasteiger charge is 2.52. The molecule has 4 aliphatic heterocycles. The van der Waals surface area contributed by atoms with E-state index in [0.717, 1.165) is 22.8 Å². The average Bonchev–Trinajstić information content (AvgIpc) is 0.725. The van der Waals surface area contributed by atoms with Gasteiger partial charge in [-0.05, 0) is 236 Å². The van der Waals surface area contributed by atoms with Crippen LogP contribution in [0, 0.1) is 0 Å². The molecular weight excluding hydrogens is 1720 g/mol. The van der Waals surface area contributed by atoms with Crippen molar-refractivity contribution in [3.8, 4) is 0 Å². The average molecular weight is 1900 g/mol.